The van der Waals surface area contributed by atoms with E-state index >= 15 is 0 Å². The first-order valence-corrected chi connectivity index (χ1v) is 9.15. The second-order valence-electron chi connectivity index (χ2n) is 5.94. The average molecular weight is 386 g/mol. The fourth-order valence-corrected chi connectivity index (χ4v) is 3.62. The van der Waals surface area contributed by atoms with Gasteiger partial charge in [-0.15, -0.1) is 11.3 Å². The van der Waals surface area contributed by atoms with Crippen molar-refractivity contribution in [3.63, 3.8) is 0 Å². The molecule has 0 aliphatic carbocycles. The first-order valence-electron chi connectivity index (χ1n) is 8.33. The molecule has 8 nitrogen and oxygen atoms in total. The maximum absolute atomic E-state index is 12.6. The van der Waals surface area contributed by atoms with E-state index < -0.39 is 6.04 Å². The fourth-order valence-electron chi connectivity index (χ4n) is 2.77. The van der Waals surface area contributed by atoms with Gasteiger partial charge in [-0.2, -0.15) is 0 Å². The monoisotopic (exact) mass is 386 g/mol. The zero-order valence-corrected chi connectivity index (χ0v) is 15.1. The van der Waals surface area contributed by atoms with Crippen LogP contribution >= 0.6 is 11.3 Å². The van der Waals surface area contributed by atoms with Crippen LogP contribution < -0.4 is 20.5 Å². The number of aliphatic hydroxyl groups excluding tert-OH is 1. The van der Waals surface area contributed by atoms with Crippen LogP contribution in [0.1, 0.15) is 26.4 Å². The third-order valence-electron chi connectivity index (χ3n) is 4.18. The molecule has 140 valence electrons. The second kappa shape index (κ2) is 7.39. The van der Waals surface area contributed by atoms with Gasteiger partial charge in [-0.3, -0.25) is 4.79 Å². The van der Waals surface area contributed by atoms with Gasteiger partial charge in [0.15, 0.2) is 11.5 Å². The van der Waals surface area contributed by atoms with Crippen LogP contribution in [-0.2, 0) is 6.61 Å². The molecule has 9 heteroatoms. The van der Waals surface area contributed by atoms with E-state index in [0.29, 0.717) is 22.2 Å². The minimum Gasteiger partial charge on any atom is -0.454 e. The highest BCUT2D eigenvalue weighted by Crippen LogP contribution is 2.35. The van der Waals surface area contributed by atoms with Crippen LogP contribution in [0.25, 0.3) is 11.3 Å². The maximum atomic E-state index is 12.6. The number of fused-ring (bicyclic) bond motifs is 1. The number of nitrogens with one attached hydrogen (secondary N) is 2. The standard InChI is InChI=1S/C18H18N4O4S/c19-6-14(18-20-7-11(8-23)27-18)22-17(24)13-3-2-12(21-13)10-1-4-15-16(5-10)26-9-25-15/h1-5,7,14,21,23H,6,8-9,19H2,(H,22,24). The smallest absolute Gasteiger partial charge is 0.268 e. The van der Waals surface area contributed by atoms with Crippen molar-refractivity contribution in [2.45, 2.75) is 12.6 Å². The number of rotatable bonds is 6. The Morgan fingerprint density at radius 3 is 2.96 bits per heavy atom. The van der Waals surface area contributed by atoms with Crippen molar-refractivity contribution in [1.82, 2.24) is 15.3 Å². The Kier molecular flexibility index (Phi) is 4.80. The van der Waals surface area contributed by atoms with Crippen molar-refractivity contribution in [3.05, 3.63) is 52.1 Å². The van der Waals surface area contributed by atoms with Crippen molar-refractivity contribution in [2.75, 3.05) is 13.3 Å². The van der Waals surface area contributed by atoms with Gasteiger partial charge in [0.1, 0.15) is 10.7 Å². The Morgan fingerprint density at radius 2 is 2.19 bits per heavy atom. The summed E-state index contributed by atoms with van der Waals surface area (Å²) in [6.45, 7) is 0.338. The molecule has 0 saturated heterocycles. The number of carbonyl (C=O) groups excluding carboxylic acids is 1. The lowest BCUT2D eigenvalue weighted by Crippen LogP contribution is -2.33. The van der Waals surface area contributed by atoms with Gasteiger partial charge in [-0.05, 0) is 30.3 Å². The molecule has 1 aromatic carbocycles. The summed E-state index contributed by atoms with van der Waals surface area (Å²) in [7, 11) is 0. The number of amides is 1. The molecule has 2 aromatic heterocycles. The van der Waals surface area contributed by atoms with E-state index in [0.717, 1.165) is 16.1 Å². The van der Waals surface area contributed by atoms with Crippen molar-refractivity contribution < 1.29 is 19.4 Å². The number of nitrogens with zero attached hydrogens (tertiary/aromatic N) is 1. The highest BCUT2D eigenvalue weighted by molar-refractivity contribution is 7.11. The summed E-state index contributed by atoms with van der Waals surface area (Å²) in [6, 6.07) is 8.73. The van der Waals surface area contributed by atoms with Crippen LogP contribution in [0.2, 0.25) is 0 Å². The van der Waals surface area contributed by atoms with E-state index in [9.17, 15) is 4.79 Å². The number of hydrogen-bond acceptors (Lipinski definition) is 7. The molecule has 0 saturated carbocycles. The lowest BCUT2D eigenvalue weighted by atomic mass is 10.1. The normalized spacial score (nSPS) is 13.6. The highest BCUT2D eigenvalue weighted by Gasteiger charge is 2.19. The summed E-state index contributed by atoms with van der Waals surface area (Å²) in [5, 5.41) is 12.7. The quantitative estimate of drug-likeness (QED) is 0.512. The summed E-state index contributed by atoms with van der Waals surface area (Å²) in [5.74, 6) is 1.11. The number of thiazole rings is 1. The zero-order valence-electron chi connectivity index (χ0n) is 14.3. The van der Waals surface area contributed by atoms with Crippen LogP contribution in [0.5, 0.6) is 11.5 Å². The van der Waals surface area contributed by atoms with Crippen LogP contribution in [0.15, 0.2) is 36.5 Å². The predicted octanol–water partition coefficient (Wildman–Crippen LogP) is 1.79. The Balaban J connectivity index is 1.49. The van der Waals surface area contributed by atoms with Gasteiger partial charge in [-0.1, -0.05) is 0 Å². The average Bonchev–Trinajstić information content (AvgIpc) is 3.45. The molecule has 0 radical (unpaired) electrons. The maximum Gasteiger partial charge on any atom is 0.268 e. The Labute approximate surface area is 159 Å². The molecule has 3 aromatic rings. The number of aromatic nitrogens is 2. The van der Waals surface area contributed by atoms with Crippen LogP contribution in [0, 0.1) is 0 Å². The molecule has 1 aliphatic heterocycles. The van der Waals surface area contributed by atoms with Gasteiger partial charge in [0, 0.05) is 24.0 Å². The first kappa shape index (κ1) is 17.5. The molecule has 1 amide bonds. The van der Waals surface area contributed by atoms with Gasteiger partial charge in [0.25, 0.3) is 5.91 Å². The van der Waals surface area contributed by atoms with E-state index in [1.54, 1.807) is 12.3 Å². The summed E-state index contributed by atoms with van der Waals surface area (Å²) >= 11 is 1.32. The number of hydrogen-bond donors (Lipinski definition) is 4. The van der Waals surface area contributed by atoms with Gasteiger partial charge >= 0.3 is 0 Å². The minimum absolute atomic E-state index is 0.0849. The summed E-state index contributed by atoms with van der Waals surface area (Å²) in [6.07, 6.45) is 1.58. The summed E-state index contributed by atoms with van der Waals surface area (Å²) in [4.78, 5) is 20.6. The van der Waals surface area contributed by atoms with Crippen molar-refractivity contribution in [1.29, 1.82) is 0 Å². The van der Waals surface area contributed by atoms with E-state index in [-0.39, 0.29) is 25.9 Å². The molecule has 4 rings (SSSR count). The topological polar surface area (TPSA) is 122 Å². The Bertz CT molecular complexity index is 968. The Hall–Kier alpha value is -2.88. The summed E-state index contributed by atoms with van der Waals surface area (Å²) in [5.41, 5.74) is 7.88. The van der Waals surface area contributed by atoms with E-state index in [1.165, 1.54) is 11.3 Å². The van der Waals surface area contributed by atoms with Gasteiger partial charge < -0.3 is 30.6 Å². The minimum atomic E-state index is -0.417. The molecule has 1 unspecified atom stereocenters. The zero-order chi connectivity index (χ0) is 18.8. The van der Waals surface area contributed by atoms with Gasteiger partial charge in [0.2, 0.25) is 6.79 Å². The van der Waals surface area contributed by atoms with Crippen LogP contribution in [-0.4, -0.2) is 34.3 Å². The van der Waals surface area contributed by atoms with Crippen molar-refractivity contribution in [2.24, 2.45) is 5.73 Å². The number of H-pyrrole nitrogens is 1. The van der Waals surface area contributed by atoms with Gasteiger partial charge in [0.05, 0.1) is 17.5 Å². The lowest BCUT2D eigenvalue weighted by Gasteiger charge is -2.13. The van der Waals surface area contributed by atoms with Gasteiger partial charge in [-0.25, -0.2) is 4.98 Å². The Morgan fingerprint density at radius 1 is 1.33 bits per heavy atom. The number of carbonyl (C=O) groups is 1. The van der Waals surface area contributed by atoms with E-state index in [1.807, 2.05) is 24.3 Å². The van der Waals surface area contributed by atoms with Crippen molar-refractivity contribution in [3.8, 4) is 22.8 Å². The number of benzene rings is 1. The number of aromatic amines is 1. The molecule has 0 fully saturated rings. The molecule has 27 heavy (non-hydrogen) atoms. The summed E-state index contributed by atoms with van der Waals surface area (Å²) < 4.78 is 10.7. The SMILES string of the molecule is NCC(NC(=O)c1ccc(-c2ccc3c(c2)OCO3)[nH]1)c1ncc(CO)s1. The van der Waals surface area contributed by atoms with E-state index in [2.05, 4.69) is 15.3 Å². The largest absolute Gasteiger partial charge is 0.454 e. The third kappa shape index (κ3) is 3.52. The second-order valence-corrected chi connectivity index (χ2v) is 7.09. The molecule has 1 aliphatic rings. The fraction of sp³-hybridized carbons (Fsp3) is 0.222. The number of ether oxygens (including phenoxy) is 2. The molecule has 5 N–H and O–H groups in total. The highest BCUT2D eigenvalue weighted by atomic mass is 32.1. The van der Waals surface area contributed by atoms with Crippen LogP contribution in [0.3, 0.4) is 0 Å². The van der Waals surface area contributed by atoms with Crippen molar-refractivity contribution >= 4 is 17.2 Å². The number of aliphatic hydroxyl groups is 1. The lowest BCUT2D eigenvalue weighted by molar-refractivity contribution is 0.0933. The number of nitrogens with two attached hydrogens (primary N) is 1. The molecule has 0 spiro atoms. The predicted molar refractivity (Wildman–Crippen MR) is 99.7 cm³/mol. The van der Waals surface area contributed by atoms with E-state index in [4.69, 9.17) is 20.3 Å². The third-order valence-corrected chi connectivity index (χ3v) is 5.28. The molecule has 0 bridgehead atoms. The molecular weight excluding hydrogens is 368 g/mol. The van der Waals surface area contributed by atoms with Crippen LogP contribution in [0.4, 0.5) is 0 Å². The molecule has 1 atom stereocenters. The molecular formula is C18H18N4O4S. The first-order chi connectivity index (χ1) is 13.2. The molecule has 3 heterocycles.